The molecule has 19 heavy (non-hydrogen) atoms. The summed E-state index contributed by atoms with van der Waals surface area (Å²) in [6, 6.07) is 4.28. The van der Waals surface area contributed by atoms with E-state index in [0.29, 0.717) is 11.3 Å². The van der Waals surface area contributed by atoms with Crippen LogP contribution in [0, 0.1) is 0 Å². The van der Waals surface area contributed by atoms with Crippen molar-refractivity contribution in [3.63, 3.8) is 0 Å². The molecule has 1 atom stereocenters. The van der Waals surface area contributed by atoms with Crippen LogP contribution in [0.2, 0.25) is 5.02 Å². The Morgan fingerprint density at radius 3 is 2.26 bits per heavy atom. The Morgan fingerprint density at radius 1 is 1.26 bits per heavy atom. The molecule has 0 saturated carbocycles. The summed E-state index contributed by atoms with van der Waals surface area (Å²) in [4.78, 5) is 0. The van der Waals surface area contributed by atoms with Gasteiger partial charge in [-0.15, -0.1) is 0 Å². The number of aromatic nitrogens is 2. The number of aryl methyl sites for hydroxylation is 1. The van der Waals surface area contributed by atoms with E-state index in [4.69, 9.17) is 11.6 Å². The molecule has 1 aromatic carbocycles. The number of alkyl halides is 3. The van der Waals surface area contributed by atoms with Crippen molar-refractivity contribution >= 4 is 11.6 Å². The molecule has 0 aliphatic heterocycles. The number of nitrogens with zero attached hydrogens (tertiary/aromatic N) is 2. The molecule has 0 spiro atoms. The lowest BCUT2D eigenvalue weighted by Crippen LogP contribution is -2.09. The van der Waals surface area contributed by atoms with Crippen LogP contribution in [0.15, 0.2) is 30.5 Å². The van der Waals surface area contributed by atoms with Crippen molar-refractivity contribution in [1.29, 1.82) is 0 Å². The predicted molar refractivity (Wildman–Crippen MR) is 63.7 cm³/mol. The second-order valence-corrected chi connectivity index (χ2v) is 4.43. The van der Waals surface area contributed by atoms with Crippen LogP contribution in [-0.4, -0.2) is 14.9 Å². The van der Waals surface area contributed by atoms with Crippen LogP contribution in [0.1, 0.15) is 22.9 Å². The van der Waals surface area contributed by atoms with E-state index < -0.39 is 17.8 Å². The molecule has 1 heterocycles. The van der Waals surface area contributed by atoms with Gasteiger partial charge in [0, 0.05) is 7.05 Å². The monoisotopic (exact) mass is 290 g/mol. The molecule has 102 valence electrons. The lowest BCUT2D eigenvalue weighted by atomic mass is 10.0. The minimum absolute atomic E-state index is 0.259. The highest BCUT2D eigenvalue weighted by Gasteiger charge is 2.30. The van der Waals surface area contributed by atoms with E-state index in [1.807, 2.05) is 0 Å². The molecule has 0 saturated heterocycles. The van der Waals surface area contributed by atoms with Gasteiger partial charge in [0.25, 0.3) is 0 Å². The van der Waals surface area contributed by atoms with E-state index in [2.05, 4.69) is 5.10 Å². The highest BCUT2D eigenvalue weighted by atomic mass is 35.5. The van der Waals surface area contributed by atoms with Crippen molar-refractivity contribution in [3.8, 4) is 0 Å². The summed E-state index contributed by atoms with van der Waals surface area (Å²) < 4.78 is 38.7. The lowest BCUT2D eigenvalue weighted by molar-refractivity contribution is -0.137. The third-order valence-electron chi connectivity index (χ3n) is 2.75. The molecule has 0 fully saturated rings. The Morgan fingerprint density at radius 2 is 1.84 bits per heavy atom. The first-order valence-electron chi connectivity index (χ1n) is 5.33. The van der Waals surface area contributed by atoms with Gasteiger partial charge in [-0.25, -0.2) is 0 Å². The van der Waals surface area contributed by atoms with Crippen LogP contribution in [0.4, 0.5) is 13.2 Å². The maximum absolute atomic E-state index is 12.4. The highest BCUT2D eigenvalue weighted by molar-refractivity contribution is 6.31. The molecule has 3 nitrogen and oxygen atoms in total. The molecular formula is C12H10ClF3N2O. The first kappa shape index (κ1) is 13.9. The van der Waals surface area contributed by atoms with E-state index in [0.717, 1.165) is 12.1 Å². The van der Waals surface area contributed by atoms with Crippen molar-refractivity contribution in [1.82, 2.24) is 9.78 Å². The van der Waals surface area contributed by atoms with Gasteiger partial charge in [0.2, 0.25) is 0 Å². The largest absolute Gasteiger partial charge is 0.416 e. The molecule has 0 aliphatic rings. The number of halogens is 4. The predicted octanol–water partition coefficient (Wildman–Crippen LogP) is 3.17. The molecule has 1 N–H and O–H groups in total. The Bertz CT molecular complexity index is 558. The van der Waals surface area contributed by atoms with Crippen LogP contribution < -0.4 is 0 Å². The normalized spacial score (nSPS) is 13.6. The smallest absolute Gasteiger partial charge is 0.382 e. The molecule has 2 rings (SSSR count). The van der Waals surface area contributed by atoms with E-state index in [-0.39, 0.29) is 5.02 Å². The van der Waals surface area contributed by atoms with Crippen LogP contribution in [0.25, 0.3) is 0 Å². The van der Waals surface area contributed by atoms with Gasteiger partial charge in [-0.1, -0.05) is 23.7 Å². The van der Waals surface area contributed by atoms with Crippen molar-refractivity contribution in [3.05, 3.63) is 52.3 Å². The summed E-state index contributed by atoms with van der Waals surface area (Å²) in [5, 5.41) is 14.2. The zero-order valence-corrected chi connectivity index (χ0v) is 10.6. The topological polar surface area (TPSA) is 38.0 Å². The van der Waals surface area contributed by atoms with Crippen molar-refractivity contribution in [2.24, 2.45) is 7.05 Å². The van der Waals surface area contributed by atoms with E-state index >= 15 is 0 Å². The average Bonchev–Trinajstić information content (AvgIpc) is 2.67. The Kier molecular flexibility index (Phi) is 3.56. The minimum atomic E-state index is -4.40. The van der Waals surface area contributed by atoms with Gasteiger partial charge in [-0.05, 0) is 17.7 Å². The van der Waals surface area contributed by atoms with E-state index in [1.165, 1.54) is 23.0 Å². The summed E-state index contributed by atoms with van der Waals surface area (Å²) in [5.74, 6) is 0. The fraction of sp³-hybridized carbons (Fsp3) is 0.250. The third kappa shape index (κ3) is 2.74. The Hall–Kier alpha value is -1.53. The fourth-order valence-electron chi connectivity index (χ4n) is 1.74. The van der Waals surface area contributed by atoms with Crippen molar-refractivity contribution in [2.75, 3.05) is 0 Å². The van der Waals surface area contributed by atoms with Crippen LogP contribution in [-0.2, 0) is 13.2 Å². The number of aliphatic hydroxyl groups excluding tert-OH is 1. The second-order valence-electron chi connectivity index (χ2n) is 4.02. The summed E-state index contributed by atoms with van der Waals surface area (Å²) in [6.45, 7) is 0. The lowest BCUT2D eigenvalue weighted by Gasteiger charge is -2.13. The first-order chi connectivity index (χ1) is 8.80. The molecule has 0 aliphatic carbocycles. The van der Waals surface area contributed by atoms with Crippen molar-refractivity contribution in [2.45, 2.75) is 12.3 Å². The van der Waals surface area contributed by atoms with E-state index in [9.17, 15) is 18.3 Å². The summed E-state index contributed by atoms with van der Waals surface area (Å²) in [7, 11) is 1.59. The minimum Gasteiger partial charge on any atom is -0.382 e. The zero-order chi connectivity index (χ0) is 14.2. The zero-order valence-electron chi connectivity index (χ0n) is 9.82. The SMILES string of the molecule is Cn1ncc(Cl)c1C(O)c1ccc(C(F)(F)F)cc1. The quantitative estimate of drug-likeness (QED) is 0.922. The average molecular weight is 291 g/mol. The Labute approximate surface area is 112 Å². The number of hydrogen-bond acceptors (Lipinski definition) is 2. The molecule has 2 aromatic rings. The maximum Gasteiger partial charge on any atom is 0.416 e. The molecule has 1 aromatic heterocycles. The van der Waals surface area contributed by atoms with Crippen LogP contribution >= 0.6 is 11.6 Å². The van der Waals surface area contributed by atoms with Gasteiger partial charge in [0.15, 0.2) is 0 Å². The van der Waals surface area contributed by atoms with Gasteiger partial charge in [-0.2, -0.15) is 18.3 Å². The molecular weight excluding hydrogens is 281 g/mol. The molecule has 0 radical (unpaired) electrons. The molecule has 0 bridgehead atoms. The fourth-order valence-corrected chi connectivity index (χ4v) is 2.01. The van der Waals surface area contributed by atoms with E-state index in [1.54, 1.807) is 7.05 Å². The number of aliphatic hydroxyl groups is 1. The van der Waals surface area contributed by atoms with Gasteiger partial charge in [0.05, 0.1) is 22.5 Å². The number of hydrogen-bond donors (Lipinski definition) is 1. The summed E-state index contributed by atoms with van der Waals surface area (Å²) in [5.41, 5.74) is -0.112. The Balaban J connectivity index is 2.33. The van der Waals surface area contributed by atoms with Gasteiger partial charge < -0.3 is 5.11 Å². The summed E-state index contributed by atoms with van der Waals surface area (Å²) >= 11 is 5.87. The van der Waals surface area contributed by atoms with Gasteiger partial charge in [-0.3, -0.25) is 4.68 Å². The maximum atomic E-state index is 12.4. The first-order valence-corrected chi connectivity index (χ1v) is 5.71. The van der Waals surface area contributed by atoms with Crippen LogP contribution in [0.3, 0.4) is 0 Å². The van der Waals surface area contributed by atoms with Crippen molar-refractivity contribution < 1.29 is 18.3 Å². The highest BCUT2D eigenvalue weighted by Crippen LogP contribution is 2.32. The number of benzene rings is 1. The van der Waals surface area contributed by atoms with Crippen LogP contribution in [0.5, 0.6) is 0 Å². The number of rotatable bonds is 2. The molecule has 0 amide bonds. The third-order valence-corrected chi connectivity index (χ3v) is 3.04. The molecule has 7 heteroatoms. The standard InChI is InChI=1S/C12H10ClF3N2O/c1-18-10(9(13)6-17-18)11(19)7-2-4-8(5-3-7)12(14,15)16/h2-6,11,19H,1H3. The van der Waals surface area contributed by atoms with Gasteiger partial charge in [0.1, 0.15) is 6.10 Å². The van der Waals surface area contributed by atoms with Gasteiger partial charge >= 0.3 is 6.18 Å². The second kappa shape index (κ2) is 4.86. The summed E-state index contributed by atoms with van der Waals surface area (Å²) in [6.07, 6.45) is -4.15. The molecule has 1 unspecified atom stereocenters.